The Morgan fingerprint density at radius 1 is 1.57 bits per heavy atom. The molecule has 5 nitrogen and oxygen atoms in total. The molecule has 3 N–H and O–H groups in total. The van der Waals surface area contributed by atoms with Crippen molar-refractivity contribution in [2.45, 2.75) is 13.3 Å². The summed E-state index contributed by atoms with van der Waals surface area (Å²) in [6.45, 7) is 4.80. The molecule has 6 heteroatoms. The highest BCUT2D eigenvalue weighted by Gasteiger charge is 2.22. The van der Waals surface area contributed by atoms with Crippen LogP contribution in [0.1, 0.15) is 21.8 Å². The molecule has 1 atom stereocenters. The molecular weight excluding hydrogens is 284 g/mol. The Hall–Kier alpha value is -1.66. The molecular formula is C15H20N4OS. The molecule has 1 unspecified atom stereocenters. The first-order valence-electron chi connectivity index (χ1n) is 7.17. The van der Waals surface area contributed by atoms with E-state index in [9.17, 15) is 4.79 Å². The minimum atomic E-state index is -0.0808. The number of rotatable bonds is 3. The number of amides is 1. The lowest BCUT2D eigenvalue weighted by Gasteiger charge is -2.11. The number of aryl methyl sites for hydroxylation is 1. The number of nitrogens with zero attached hydrogens (tertiary/aromatic N) is 2. The van der Waals surface area contributed by atoms with Gasteiger partial charge in [0.25, 0.3) is 5.91 Å². The van der Waals surface area contributed by atoms with Gasteiger partial charge in [-0.05, 0) is 45.0 Å². The van der Waals surface area contributed by atoms with Crippen LogP contribution in [-0.4, -0.2) is 42.5 Å². The summed E-state index contributed by atoms with van der Waals surface area (Å²) in [4.78, 5) is 20.5. The SMILES string of the molecule is Cc1ccc2c(N)c(C(=O)NCC3CCN(C)C3)sc2n1. The number of thiophene rings is 1. The molecule has 1 aliphatic heterocycles. The minimum absolute atomic E-state index is 0.0808. The lowest BCUT2D eigenvalue weighted by Crippen LogP contribution is -2.30. The Balaban J connectivity index is 1.74. The topological polar surface area (TPSA) is 71.2 Å². The first kappa shape index (κ1) is 14.3. The second-order valence-corrected chi connectivity index (χ2v) is 6.78. The maximum absolute atomic E-state index is 12.3. The maximum atomic E-state index is 12.3. The minimum Gasteiger partial charge on any atom is -0.397 e. The number of likely N-dealkylation sites (tertiary alicyclic amines) is 1. The van der Waals surface area contributed by atoms with Crippen LogP contribution in [0.4, 0.5) is 5.69 Å². The van der Waals surface area contributed by atoms with E-state index in [0.29, 0.717) is 23.0 Å². The van der Waals surface area contributed by atoms with Gasteiger partial charge >= 0.3 is 0 Å². The number of carbonyl (C=O) groups is 1. The number of nitrogen functional groups attached to an aromatic ring is 1. The lowest BCUT2D eigenvalue weighted by atomic mass is 10.1. The van der Waals surface area contributed by atoms with Crippen molar-refractivity contribution in [2.24, 2.45) is 5.92 Å². The van der Waals surface area contributed by atoms with Gasteiger partial charge in [-0.2, -0.15) is 0 Å². The van der Waals surface area contributed by atoms with E-state index >= 15 is 0 Å². The Morgan fingerprint density at radius 3 is 3.10 bits per heavy atom. The van der Waals surface area contributed by atoms with Gasteiger partial charge in [-0.25, -0.2) is 4.98 Å². The molecule has 1 aliphatic rings. The van der Waals surface area contributed by atoms with Gasteiger partial charge in [0.05, 0.1) is 5.69 Å². The van der Waals surface area contributed by atoms with E-state index in [4.69, 9.17) is 5.73 Å². The normalized spacial score (nSPS) is 19.2. The van der Waals surface area contributed by atoms with E-state index in [2.05, 4.69) is 22.2 Å². The van der Waals surface area contributed by atoms with E-state index in [1.807, 2.05) is 19.1 Å². The van der Waals surface area contributed by atoms with Crippen LogP contribution in [-0.2, 0) is 0 Å². The summed E-state index contributed by atoms with van der Waals surface area (Å²) in [5.41, 5.74) is 7.58. The molecule has 0 aromatic carbocycles. The zero-order chi connectivity index (χ0) is 15.0. The highest BCUT2D eigenvalue weighted by molar-refractivity contribution is 7.21. The van der Waals surface area contributed by atoms with E-state index in [1.165, 1.54) is 11.3 Å². The summed E-state index contributed by atoms with van der Waals surface area (Å²) in [5.74, 6) is 0.456. The first-order valence-corrected chi connectivity index (χ1v) is 7.98. The highest BCUT2D eigenvalue weighted by atomic mass is 32.1. The summed E-state index contributed by atoms with van der Waals surface area (Å²) in [6.07, 6.45) is 1.14. The summed E-state index contributed by atoms with van der Waals surface area (Å²) < 4.78 is 0. The number of pyridine rings is 1. The van der Waals surface area contributed by atoms with Crippen LogP contribution in [0.5, 0.6) is 0 Å². The van der Waals surface area contributed by atoms with E-state index in [-0.39, 0.29) is 5.91 Å². The molecule has 0 spiro atoms. The number of nitrogens with one attached hydrogen (secondary N) is 1. The lowest BCUT2D eigenvalue weighted by molar-refractivity contribution is 0.0952. The van der Waals surface area contributed by atoms with Crippen LogP contribution >= 0.6 is 11.3 Å². The second kappa shape index (κ2) is 5.61. The van der Waals surface area contributed by atoms with Crippen molar-refractivity contribution in [3.05, 3.63) is 22.7 Å². The maximum Gasteiger partial charge on any atom is 0.263 e. The van der Waals surface area contributed by atoms with E-state index in [0.717, 1.165) is 35.4 Å². The molecule has 0 radical (unpaired) electrons. The number of fused-ring (bicyclic) bond motifs is 1. The van der Waals surface area contributed by atoms with Crippen molar-refractivity contribution in [1.82, 2.24) is 15.2 Å². The van der Waals surface area contributed by atoms with E-state index < -0.39 is 0 Å². The Kier molecular flexibility index (Phi) is 3.82. The predicted molar refractivity (Wildman–Crippen MR) is 86.7 cm³/mol. The van der Waals surface area contributed by atoms with Crippen LogP contribution < -0.4 is 11.1 Å². The largest absolute Gasteiger partial charge is 0.397 e. The average molecular weight is 304 g/mol. The number of anilines is 1. The molecule has 3 heterocycles. The third kappa shape index (κ3) is 2.87. The molecule has 2 aromatic heterocycles. The molecule has 0 saturated carbocycles. The van der Waals surface area contributed by atoms with Crippen LogP contribution in [0.15, 0.2) is 12.1 Å². The summed E-state index contributed by atoms with van der Waals surface area (Å²) in [5, 5.41) is 3.89. The molecule has 3 rings (SSSR count). The van der Waals surface area contributed by atoms with Crippen molar-refractivity contribution in [3.8, 4) is 0 Å². The van der Waals surface area contributed by atoms with Crippen LogP contribution in [0.25, 0.3) is 10.2 Å². The third-order valence-corrected chi connectivity index (χ3v) is 5.09. The molecule has 1 saturated heterocycles. The van der Waals surface area contributed by atoms with Crippen LogP contribution in [0, 0.1) is 12.8 Å². The third-order valence-electron chi connectivity index (χ3n) is 3.98. The highest BCUT2D eigenvalue weighted by Crippen LogP contribution is 2.32. The molecule has 1 amide bonds. The number of hydrogen-bond acceptors (Lipinski definition) is 5. The Labute approximate surface area is 128 Å². The first-order chi connectivity index (χ1) is 10.0. The van der Waals surface area contributed by atoms with Crippen LogP contribution in [0.2, 0.25) is 0 Å². The van der Waals surface area contributed by atoms with Gasteiger partial charge in [0.15, 0.2) is 0 Å². The quantitative estimate of drug-likeness (QED) is 0.908. The molecule has 2 aromatic rings. The monoisotopic (exact) mass is 304 g/mol. The molecule has 0 bridgehead atoms. The van der Waals surface area contributed by atoms with Gasteiger partial charge in [0.2, 0.25) is 0 Å². The fourth-order valence-electron chi connectivity index (χ4n) is 2.77. The van der Waals surface area contributed by atoms with Crippen molar-refractivity contribution in [3.63, 3.8) is 0 Å². The van der Waals surface area contributed by atoms with E-state index in [1.54, 1.807) is 0 Å². The Morgan fingerprint density at radius 2 is 2.38 bits per heavy atom. The average Bonchev–Trinajstić information content (AvgIpc) is 3.00. The molecule has 1 fully saturated rings. The zero-order valence-electron chi connectivity index (χ0n) is 12.3. The van der Waals surface area contributed by atoms with Gasteiger partial charge < -0.3 is 16.0 Å². The van der Waals surface area contributed by atoms with Crippen LogP contribution in [0.3, 0.4) is 0 Å². The number of nitrogens with two attached hydrogens (primary N) is 1. The van der Waals surface area contributed by atoms with Gasteiger partial charge in [-0.1, -0.05) is 0 Å². The number of carbonyl (C=O) groups excluding carboxylic acids is 1. The number of hydrogen-bond donors (Lipinski definition) is 2. The standard InChI is InChI=1S/C15H20N4OS/c1-9-3-4-11-12(16)13(21-15(11)18-9)14(20)17-7-10-5-6-19(2)8-10/h3-4,10H,5-8,16H2,1-2H3,(H,17,20). The summed E-state index contributed by atoms with van der Waals surface area (Å²) in [6, 6.07) is 3.85. The molecule has 112 valence electrons. The summed E-state index contributed by atoms with van der Waals surface area (Å²) >= 11 is 1.37. The van der Waals surface area contributed by atoms with Gasteiger partial charge in [-0.15, -0.1) is 11.3 Å². The van der Waals surface area contributed by atoms with Crippen molar-refractivity contribution < 1.29 is 4.79 Å². The summed E-state index contributed by atoms with van der Waals surface area (Å²) in [7, 11) is 2.11. The van der Waals surface area contributed by atoms with Crippen molar-refractivity contribution >= 4 is 33.1 Å². The number of aromatic nitrogens is 1. The fraction of sp³-hybridized carbons (Fsp3) is 0.467. The van der Waals surface area contributed by atoms with Crippen molar-refractivity contribution in [2.75, 3.05) is 32.4 Å². The van der Waals surface area contributed by atoms with Gasteiger partial charge in [0.1, 0.15) is 9.71 Å². The zero-order valence-corrected chi connectivity index (χ0v) is 13.2. The second-order valence-electron chi connectivity index (χ2n) is 5.78. The van der Waals surface area contributed by atoms with Gasteiger partial charge in [0, 0.05) is 24.2 Å². The fourth-order valence-corrected chi connectivity index (χ4v) is 3.82. The smallest absolute Gasteiger partial charge is 0.263 e. The van der Waals surface area contributed by atoms with Gasteiger partial charge in [-0.3, -0.25) is 4.79 Å². The Bertz CT molecular complexity index is 682. The molecule has 21 heavy (non-hydrogen) atoms. The van der Waals surface area contributed by atoms with Crippen molar-refractivity contribution in [1.29, 1.82) is 0 Å². The molecule has 0 aliphatic carbocycles. The predicted octanol–water partition coefficient (Wildman–Crippen LogP) is 1.87.